The summed E-state index contributed by atoms with van der Waals surface area (Å²) >= 11 is 1.60. The van der Waals surface area contributed by atoms with E-state index >= 15 is 0 Å². The Kier molecular flexibility index (Phi) is 35.2. The molecule has 436 valence electrons. The zero-order valence-electron chi connectivity index (χ0n) is 47.6. The molecule has 0 saturated heterocycles. The van der Waals surface area contributed by atoms with Crippen LogP contribution in [-0.4, -0.2) is 86.4 Å². The van der Waals surface area contributed by atoms with Crippen LogP contribution in [0.5, 0.6) is 0 Å². The summed E-state index contributed by atoms with van der Waals surface area (Å²) < 4.78 is 11.0. The predicted molar refractivity (Wildman–Crippen MR) is 346 cm³/mol. The number of aromatic amines is 3. The largest absolute Gasteiger partial charge is 0.473 e. The summed E-state index contributed by atoms with van der Waals surface area (Å²) in [6.45, 7) is 0.871. The van der Waals surface area contributed by atoms with Crippen molar-refractivity contribution in [2.75, 3.05) is 0 Å². The molecule has 12 aromatic heterocycles. The molecule has 0 saturated carbocycles. The molecule has 87 heavy (non-hydrogen) atoms. The van der Waals surface area contributed by atoms with Crippen LogP contribution < -0.4 is 0 Å². The van der Waals surface area contributed by atoms with Crippen molar-refractivity contribution in [3.63, 3.8) is 0 Å². The molecular weight excluding hydrogens is 1110 g/mol. The maximum absolute atomic E-state index is 4.58. The molecule has 0 fully saturated rings. The standard InChI is InChI=1S/C9H9N.C9H7N.2C8H7N.C5H5N.3C4H4N2.C4H5N.C4H4O.C3H3NO.C3H3NS.C2H3N3/c1-10-7-6-8-4-2-3-5-9(8)10;1-2-6-9-8(4-1)5-3-7-10-9;1-2-4-8-6-9-5-7(8)3-1;1-2-4-8-7(3-1)5-6-9-8;1-2-4-6-5-3-1;1-2-6-4-3-5-1;1-2-5-4-6-3-1;1-2-4-6-5-3-1;3*1-2-4-5-3-1;1-2-5-3-4-1;1-2-4-5-3-1/h2-7H,1H3;1-7H;1-5H,6H2;1-6,9H;1-5H;3*1-4H;1-5H;1-4H;2*1-3H;1-2H,(H,3,4,5). The number of fused-ring (bicyclic) bond motifs is 4. The first-order valence-electron chi connectivity index (χ1n) is 26.6. The number of furan rings is 1. The fourth-order valence-corrected chi connectivity index (χ4v) is 6.73. The van der Waals surface area contributed by atoms with Gasteiger partial charge < -0.3 is 23.5 Å². The van der Waals surface area contributed by atoms with Crippen LogP contribution in [0.4, 0.5) is 0 Å². The van der Waals surface area contributed by atoms with Gasteiger partial charge in [0.15, 0.2) is 0 Å². The van der Waals surface area contributed by atoms with Crippen molar-refractivity contribution in [2.24, 2.45) is 12.0 Å². The van der Waals surface area contributed by atoms with Crippen LogP contribution in [0.1, 0.15) is 11.1 Å². The van der Waals surface area contributed by atoms with Crippen molar-refractivity contribution in [1.29, 1.82) is 0 Å². The van der Waals surface area contributed by atoms with Crippen molar-refractivity contribution in [3.8, 4) is 0 Å². The number of hydrogen-bond donors (Lipinski definition) is 3. The molecule has 1 aliphatic rings. The van der Waals surface area contributed by atoms with E-state index < -0.39 is 0 Å². The topological polar surface area (TPSA) is 246 Å². The Balaban J connectivity index is 0.000000173. The Morgan fingerprint density at radius 2 is 1.10 bits per heavy atom. The SMILES string of the molecule is C1=NCc2ccccc21.Cn1ccc2ccccc21.c1cc[nH]c1.c1ccc2[nH]ccc2c1.c1ccc2ncccc2c1.c1ccncc1.c1ccnnc1.c1ccoc1.c1cn[nH]n1.c1cnccn1.c1cncnc1.c1cnoc1.c1cscn1. The average Bonchev–Trinajstić information content (AvgIpc) is 4.41. The minimum atomic E-state index is 0.871. The van der Waals surface area contributed by atoms with Crippen molar-refractivity contribution < 1.29 is 8.94 Å². The van der Waals surface area contributed by atoms with Gasteiger partial charge in [-0.2, -0.15) is 25.6 Å². The third-order valence-electron chi connectivity index (χ3n) is 10.3. The summed E-state index contributed by atoms with van der Waals surface area (Å²) in [7, 11) is 2.06. The Morgan fingerprint density at radius 1 is 0.460 bits per heavy atom. The quantitative estimate of drug-likeness (QED) is 0.128. The zero-order chi connectivity index (χ0) is 60.6. The van der Waals surface area contributed by atoms with Gasteiger partial charge >= 0.3 is 0 Å². The van der Waals surface area contributed by atoms with Gasteiger partial charge in [0.1, 0.15) is 12.6 Å². The molecule has 20 heteroatoms. The number of para-hydroxylation sites is 3. The number of thiazole rings is 1. The molecule has 0 amide bonds. The number of nitrogens with zero attached hydrogens (tertiary/aromatic N) is 14. The number of aryl methyl sites for hydroxylation is 1. The Labute approximate surface area is 508 Å². The minimum Gasteiger partial charge on any atom is -0.473 e. The number of nitrogens with one attached hydrogen (secondary N) is 3. The predicted octanol–water partition coefficient (Wildman–Crippen LogP) is 14.6. The van der Waals surface area contributed by atoms with Gasteiger partial charge in [-0.25, -0.2) is 9.97 Å². The lowest BCUT2D eigenvalue weighted by Crippen LogP contribution is -1.81. The maximum Gasteiger partial charge on any atom is 0.123 e. The highest BCUT2D eigenvalue weighted by Crippen LogP contribution is 2.14. The molecule has 0 radical (unpaired) electrons. The Hall–Kier alpha value is -12.0. The summed E-state index contributed by atoms with van der Waals surface area (Å²) in [5, 5.41) is 25.5. The monoisotopic (exact) mass is 1170 g/mol. The second-order valence-corrected chi connectivity index (χ2v) is 17.1. The number of pyridine rings is 2. The molecule has 0 aliphatic carbocycles. The second kappa shape index (κ2) is 46.6. The molecule has 0 unspecified atom stereocenters. The number of aromatic nitrogens is 16. The Morgan fingerprint density at radius 3 is 1.56 bits per heavy atom. The van der Waals surface area contributed by atoms with Crippen molar-refractivity contribution in [2.45, 2.75) is 6.54 Å². The van der Waals surface area contributed by atoms with Gasteiger partial charge in [-0.1, -0.05) is 96.2 Å². The zero-order valence-corrected chi connectivity index (χ0v) is 48.4. The molecule has 1 aliphatic heterocycles. The van der Waals surface area contributed by atoms with Gasteiger partial charge in [0.2, 0.25) is 0 Å². The van der Waals surface area contributed by atoms with Crippen molar-refractivity contribution in [1.82, 2.24) is 80.2 Å². The third-order valence-corrected chi connectivity index (χ3v) is 10.8. The van der Waals surface area contributed by atoms with E-state index in [9.17, 15) is 0 Å². The molecule has 3 N–H and O–H groups in total. The first kappa shape index (κ1) is 65.8. The fourth-order valence-electron chi connectivity index (χ4n) is 6.37. The van der Waals surface area contributed by atoms with E-state index in [1.54, 1.807) is 128 Å². The van der Waals surface area contributed by atoms with Crippen molar-refractivity contribution >= 4 is 50.3 Å². The van der Waals surface area contributed by atoms with E-state index in [0.717, 1.165) is 12.1 Å². The summed E-state index contributed by atoms with van der Waals surface area (Å²) in [4.78, 5) is 36.6. The van der Waals surface area contributed by atoms with Crippen LogP contribution in [0.3, 0.4) is 0 Å². The van der Waals surface area contributed by atoms with Crippen LogP contribution in [0.25, 0.3) is 32.7 Å². The first-order chi connectivity index (χ1) is 43.3. The van der Waals surface area contributed by atoms with Gasteiger partial charge in [-0.05, 0) is 119 Å². The van der Waals surface area contributed by atoms with Crippen LogP contribution >= 0.6 is 11.3 Å². The van der Waals surface area contributed by atoms with Crippen LogP contribution in [0.15, 0.2) is 356 Å². The van der Waals surface area contributed by atoms with Crippen LogP contribution in [0.2, 0.25) is 0 Å². The van der Waals surface area contributed by atoms with E-state index in [1.165, 1.54) is 50.9 Å². The fraction of sp³-hybridized carbons (Fsp3) is 0.0299. The van der Waals surface area contributed by atoms with Crippen LogP contribution in [-0.2, 0) is 13.6 Å². The number of rotatable bonds is 0. The molecule has 0 atom stereocenters. The molecule has 0 bridgehead atoms. The van der Waals surface area contributed by atoms with Gasteiger partial charge in [-0.3, -0.25) is 29.9 Å². The van der Waals surface area contributed by atoms with E-state index in [-0.39, 0.29) is 0 Å². The normalized spacial score (nSPS) is 9.34. The smallest absolute Gasteiger partial charge is 0.123 e. The highest BCUT2D eigenvalue weighted by Gasteiger charge is 2.01. The third kappa shape index (κ3) is 32.3. The summed E-state index contributed by atoms with van der Waals surface area (Å²) in [6, 6.07) is 61.6. The van der Waals surface area contributed by atoms with Gasteiger partial charge in [0, 0.05) is 134 Å². The summed E-state index contributed by atoms with van der Waals surface area (Å²) in [5.74, 6) is 0. The summed E-state index contributed by atoms with van der Waals surface area (Å²) in [6.07, 6.45) is 41.0. The van der Waals surface area contributed by atoms with Crippen LogP contribution in [0, 0.1) is 0 Å². The lowest BCUT2D eigenvalue weighted by atomic mass is 10.1. The lowest BCUT2D eigenvalue weighted by Gasteiger charge is -1.92. The van der Waals surface area contributed by atoms with E-state index in [1.807, 2.05) is 140 Å². The molecule has 13 heterocycles. The average molecular weight is 1170 g/mol. The number of hydrogen-bond acceptors (Lipinski definition) is 16. The van der Waals surface area contributed by atoms with Crippen molar-refractivity contribution in [3.05, 3.63) is 353 Å². The highest BCUT2D eigenvalue weighted by atomic mass is 32.1. The van der Waals surface area contributed by atoms with Gasteiger partial charge in [0.05, 0.1) is 48.7 Å². The molecule has 17 rings (SSSR count). The van der Waals surface area contributed by atoms with E-state index in [0.29, 0.717) is 0 Å². The highest BCUT2D eigenvalue weighted by molar-refractivity contribution is 7.07. The van der Waals surface area contributed by atoms with Gasteiger partial charge in [0.25, 0.3) is 0 Å². The lowest BCUT2D eigenvalue weighted by molar-refractivity contribution is 0.420. The molecule has 16 aromatic rings. The number of benzene rings is 4. The number of aliphatic imine (C=N–C) groups is 1. The van der Waals surface area contributed by atoms with E-state index in [4.69, 9.17) is 0 Å². The van der Waals surface area contributed by atoms with Gasteiger partial charge in [-0.15, -0.1) is 11.3 Å². The molecule has 19 nitrogen and oxygen atoms in total. The minimum absolute atomic E-state index is 0.871. The second-order valence-electron chi connectivity index (χ2n) is 16.4. The first-order valence-corrected chi connectivity index (χ1v) is 27.6. The Bertz CT molecular complexity index is 3370. The number of H-pyrrole nitrogens is 3. The summed E-state index contributed by atoms with van der Waals surface area (Å²) in [5.41, 5.74) is 7.97. The van der Waals surface area contributed by atoms with E-state index in [2.05, 4.69) is 180 Å². The molecule has 4 aromatic carbocycles. The maximum atomic E-state index is 4.58. The molecule has 0 spiro atoms. The molecular formula is C67H65N17O2S.